The molecule has 0 bridgehead atoms. The molecule has 1 aliphatic rings. The summed E-state index contributed by atoms with van der Waals surface area (Å²) in [5.41, 5.74) is -3.97. The fourth-order valence-corrected chi connectivity index (χ4v) is 2.03. The lowest BCUT2D eigenvalue weighted by atomic mass is 9.95. The Morgan fingerprint density at radius 2 is 2.21 bits per heavy atom. The Bertz CT molecular complexity index is 572. The van der Waals surface area contributed by atoms with Crippen molar-refractivity contribution in [2.75, 3.05) is 13.3 Å². The zero-order valence-corrected chi connectivity index (χ0v) is 9.69. The molecule has 0 amide bonds. The molecule has 1 unspecified atom stereocenters. The molecule has 1 aromatic rings. The maximum atomic E-state index is 13.0. The van der Waals surface area contributed by atoms with Gasteiger partial charge in [-0.3, -0.25) is 14.3 Å². The zero-order chi connectivity index (χ0) is 14.2. The van der Waals surface area contributed by atoms with Crippen LogP contribution in [0.1, 0.15) is 6.23 Å². The summed E-state index contributed by atoms with van der Waals surface area (Å²) in [6.07, 6.45) is -3.47. The van der Waals surface area contributed by atoms with Crippen LogP contribution in [0.2, 0.25) is 0 Å². The molecule has 4 N–H and O–H groups in total. The Morgan fingerprint density at radius 1 is 1.53 bits per heavy atom. The van der Waals surface area contributed by atoms with Crippen LogP contribution in [-0.2, 0) is 4.74 Å². The Morgan fingerprint density at radius 3 is 2.74 bits per heavy atom. The fourth-order valence-electron chi connectivity index (χ4n) is 2.03. The van der Waals surface area contributed by atoms with Crippen molar-refractivity contribution < 1.29 is 24.4 Å². The lowest BCUT2D eigenvalue weighted by Gasteiger charge is -2.28. The molecule has 2 rings (SSSR count). The number of aromatic nitrogens is 2. The largest absolute Gasteiger partial charge is 0.394 e. The summed E-state index contributed by atoms with van der Waals surface area (Å²) >= 11 is 0. The summed E-state index contributed by atoms with van der Waals surface area (Å²) in [6.45, 7) is -2.04. The molecule has 1 aliphatic heterocycles. The van der Waals surface area contributed by atoms with E-state index in [1.165, 1.54) is 0 Å². The highest BCUT2D eigenvalue weighted by Gasteiger charge is 2.56. The topological polar surface area (TPSA) is 125 Å². The molecule has 8 nitrogen and oxygen atoms in total. The van der Waals surface area contributed by atoms with Crippen LogP contribution in [0.3, 0.4) is 0 Å². The van der Waals surface area contributed by atoms with E-state index in [-0.39, 0.29) is 0 Å². The van der Waals surface area contributed by atoms with Gasteiger partial charge in [0.05, 0.1) is 6.61 Å². The van der Waals surface area contributed by atoms with E-state index in [0.29, 0.717) is 0 Å². The Labute approximate surface area is 105 Å². The van der Waals surface area contributed by atoms with Gasteiger partial charge in [0, 0.05) is 12.3 Å². The smallest absolute Gasteiger partial charge is 0.330 e. The number of ether oxygens (including phenoxy) is 1. The van der Waals surface area contributed by atoms with Crippen LogP contribution in [0.25, 0.3) is 0 Å². The van der Waals surface area contributed by atoms with E-state index in [1.807, 2.05) is 4.98 Å². The Kier molecular flexibility index (Phi) is 3.54. The van der Waals surface area contributed by atoms with Gasteiger partial charge in [0.15, 0.2) is 11.8 Å². The lowest BCUT2D eigenvalue weighted by molar-refractivity contribution is -0.121. The number of aliphatic hydroxyl groups is 3. The molecule has 0 radical (unpaired) electrons. The van der Waals surface area contributed by atoms with Gasteiger partial charge in [-0.05, 0) is 0 Å². The normalized spacial score (nSPS) is 34.6. The number of aromatic amines is 1. The third-order valence-corrected chi connectivity index (χ3v) is 3.09. The van der Waals surface area contributed by atoms with Crippen LogP contribution >= 0.6 is 0 Å². The van der Waals surface area contributed by atoms with Gasteiger partial charge in [-0.15, -0.1) is 0 Å². The summed E-state index contributed by atoms with van der Waals surface area (Å²) in [7, 11) is 0. The highest BCUT2D eigenvalue weighted by molar-refractivity contribution is 5.03. The number of halogens is 1. The number of aliphatic hydroxyl groups excluding tert-OH is 2. The zero-order valence-electron chi connectivity index (χ0n) is 9.69. The lowest BCUT2D eigenvalue weighted by Crippen LogP contribution is -2.50. The van der Waals surface area contributed by atoms with Gasteiger partial charge in [0.1, 0.15) is 18.9 Å². The van der Waals surface area contributed by atoms with Crippen LogP contribution in [0.5, 0.6) is 0 Å². The molecule has 106 valence electrons. The molecule has 4 atom stereocenters. The maximum Gasteiger partial charge on any atom is 0.330 e. The van der Waals surface area contributed by atoms with Crippen molar-refractivity contribution in [2.45, 2.75) is 24.0 Å². The van der Waals surface area contributed by atoms with Crippen LogP contribution in [0.4, 0.5) is 4.39 Å². The number of nitrogens with zero attached hydrogens (tertiary/aromatic N) is 1. The first-order chi connectivity index (χ1) is 8.93. The van der Waals surface area contributed by atoms with Gasteiger partial charge < -0.3 is 20.1 Å². The summed E-state index contributed by atoms with van der Waals surface area (Å²) in [6, 6.07) is 0.988. The van der Waals surface area contributed by atoms with Crippen LogP contribution in [-0.4, -0.2) is 56.0 Å². The average Bonchev–Trinajstić information content (AvgIpc) is 2.63. The SMILES string of the molecule is O=c1ccn([C@@H]2O[C@H](CO)C(O)[C@]2(O)CF)c(=O)[nH]1. The Hall–Kier alpha value is -1.55. The van der Waals surface area contributed by atoms with Crippen molar-refractivity contribution in [3.05, 3.63) is 33.1 Å². The van der Waals surface area contributed by atoms with Gasteiger partial charge in [-0.2, -0.15) is 0 Å². The average molecular weight is 276 g/mol. The number of H-pyrrole nitrogens is 1. The van der Waals surface area contributed by atoms with E-state index in [0.717, 1.165) is 16.8 Å². The number of nitrogens with one attached hydrogen (secondary N) is 1. The summed E-state index contributed by atoms with van der Waals surface area (Å²) in [5, 5.41) is 28.8. The predicted octanol–water partition coefficient (Wildman–Crippen LogP) is -2.51. The second-order valence-electron chi connectivity index (χ2n) is 4.30. The number of hydrogen-bond donors (Lipinski definition) is 4. The quantitative estimate of drug-likeness (QED) is 0.483. The molecule has 2 heterocycles. The van der Waals surface area contributed by atoms with Crippen LogP contribution in [0, 0.1) is 0 Å². The number of hydrogen-bond acceptors (Lipinski definition) is 6. The Balaban J connectivity index is 2.48. The van der Waals surface area contributed by atoms with Crippen LogP contribution < -0.4 is 11.2 Å². The number of alkyl halides is 1. The van der Waals surface area contributed by atoms with Crippen molar-refractivity contribution in [2.24, 2.45) is 0 Å². The van der Waals surface area contributed by atoms with Gasteiger partial charge in [0.2, 0.25) is 0 Å². The van der Waals surface area contributed by atoms with Gasteiger partial charge >= 0.3 is 5.69 Å². The minimum absolute atomic E-state index is 0.655. The second kappa shape index (κ2) is 4.85. The molecule has 0 aliphatic carbocycles. The molecule has 9 heteroatoms. The van der Waals surface area contributed by atoms with Crippen molar-refractivity contribution in [1.29, 1.82) is 0 Å². The molecule has 0 spiro atoms. The third-order valence-electron chi connectivity index (χ3n) is 3.09. The van der Waals surface area contributed by atoms with Crippen molar-refractivity contribution in [3.8, 4) is 0 Å². The third kappa shape index (κ3) is 2.10. The van der Waals surface area contributed by atoms with Gasteiger partial charge in [0.25, 0.3) is 5.56 Å². The maximum absolute atomic E-state index is 13.0. The first-order valence-electron chi connectivity index (χ1n) is 5.48. The van der Waals surface area contributed by atoms with Crippen LogP contribution in [0.15, 0.2) is 21.9 Å². The molecule has 0 aromatic carbocycles. The summed E-state index contributed by atoms with van der Waals surface area (Å²) in [5.74, 6) is 0. The van der Waals surface area contributed by atoms with Crippen molar-refractivity contribution in [1.82, 2.24) is 9.55 Å². The first kappa shape index (κ1) is 13.9. The second-order valence-corrected chi connectivity index (χ2v) is 4.30. The standard InChI is InChI=1S/C10H13FN2O6/c11-4-10(18)7(16)5(3-14)19-8(10)13-2-1-6(15)12-9(13)17/h1-2,5,7-8,14,16,18H,3-4H2,(H,12,15,17)/t5-,7?,8-,10-/m1/s1. The molecular weight excluding hydrogens is 263 g/mol. The highest BCUT2D eigenvalue weighted by atomic mass is 19.1. The number of rotatable bonds is 3. The van der Waals surface area contributed by atoms with E-state index in [1.54, 1.807) is 0 Å². The van der Waals surface area contributed by atoms with Gasteiger partial charge in [-0.25, -0.2) is 9.18 Å². The molecule has 1 fully saturated rings. The molecule has 1 saturated heterocycles. The summed E-state index contributed by atoms with van der Waals surface area (Å²) < 4.78 is 18.9. The summed E-state index contributed by atoms with van der Waals surface area (Å²) in [4.78, 5) is 24.4. The van der Waals surface area contributed by atoms with Crippen molar-refractivity contribution >= 4 is 0 Å². The van der Waals surface area contributed by atoms with E-state index >= 15 is 0 Å². The minimum Gasteiger partial charge on any atom is -0.394 e. The molecule has 1 aromatic heterocycles. The molecule has 0 saturated carbocycles. The minimum atomic E-state index is -2.38. The van der Waals surface area contributed by atoms with E-state index < -0.39 is 48.6 Å². The molecular formula is C10H13FN2O6. The van der Waals surface area contributed by atoms with Crippen molar-refractivity contribution in [3.63, 3.8) is 0 Å². The highest BCUT2D eigenvalue weighted by Crippen LogP contribution is 2.37. The monoisotopic (exact) mass is 276 g/mol. The van der Waals surface area contributed by atoms with E-state index in [4.69, 9.17) is 9.84 Å². The van der Waals surface area contributed by atoms with E-state index in [9.17, 15) is 24.2 Å². The molecule has 19 heavy (non-hydrogen) atoms. The first-order valence-corrected chi connectivity index (χ1v) is 5.48. The van der Waals surface area contributed by atoms with E-state index in [2.05, 4.69) is 0 Å². The fraction of sp³-hybridized carbons (Fsp3) is 0.600. The van der Waals surface area contributed by atoms with Gasteiger partial charge in [-0.1, -0.05) is 0 Å². The predicted molar refractivity (Wildman–Crippen MR) is 59.3 cm³/mol.